The van der Waals surface area contributed by atoms with Crippen molar-refractivity contribution in [3.8, 4) is 5.82 Å². The number of carboxylic acid groups (broad SMARTS) is 1. The molecule has 0 spiro atoms. The Morgan fingerprint density at radius 2 is 2.07 bits per heavy atom. The van der Waals surface area contributed by atoms with Gasteiger partial charge in [0.2, 0.25) is 11.8 Å². The number of hydrogen-bond donors (Lipinski definition) is 3. The molecule has 1 atom stereocenters. The van der Waals surface area contributed by atoms with Crippen molar-refractivity contribution in [2.75, 3.05) is 19.0 Å². The molecule has 3 amide bonds. The highest BCUT2D eigenvalue weighted by atomic mass is 35.5. The highest BCUT2D eigenvalue weighted by Gasteiger charge is 2.52. The standard InChI is InChI=1S/C17H18ClFN6O4/c1-10(11-2-3-13(20-5-11)25-7-12(19)6-21-25)22-15(27)17(23-14(26)4-18)8-24(9-17)16(28)29/h2-3,5-7,10H,4,8-9H2,1H3,(H,22,27)(H,23,26)(H,28,29)/t10-/m0/s1. The molecule has 0 saturated carbocycles. The van der Waals surface area contributed by atoms with E-state index < -0.39 is 35.3 Å². The highest BCUT2D eigenvalue weighted by molar-refractivity contribution is 6.27. The maximum Gasteiger partial charge on any atom is 0.407 e. The lowest BCUT2D eigenvalue weighted by Gasteiger charge is -2.47. The number of alkyl halides is 1. The number of hydrogen-bond acceptors (Lipinski definition) is 5. The van der Waals surface area contributed by atoms with E-state index >= 15 is 0 Å². The van der Waals surface area contributed by atoms with Crippen LogP contribution in [0.15, 0.2) is 30.7 Å². The predicted octanol–water partition coefficient (Wildman–Crippen LogP) is 0.671. The number of likely N-dealkylation sites (tertiary alicyclic amines) is 1. The van der Waals surface area contributed by atoms with Gasteiger partial charge in [0.1, 0.15) is 5.88 Å². The van der Waals surface area contributed by atoms with Crippen molar-refractivity contribution in [2.24, 2.45) is 0 Å². The molecule has 0 radical (unpaired) electrons. The molecular formula is C17H18ClFN6O4. The Morgan fingerprint density at radius 1 is 1.34 bits per heavy atom. The van der Waals surface area contributed by atoms with Crippen LogP contribution in [0, 0.1) is 5.82 Å². The van der Waals surface area contributed by atoms with Gasteiger partial charge in [-0.25, -0.2) is 18.9 Å². The molecule has 12 heteroatoms. The summed E-state index contributed by atoms with van der Waals surface area (Å²) in [6.45, 7) is 1.37. The molecule has 1 fully saturated rings. The molecule has 10 nitrogen and oxygen atoms in total. The highest BCUT2D eigenvalue weighted by Crippen LogP contribution is 2.23. The van der Waals surface area contributed by atoms with Crippen molar-refractivity contribution in [1.82, 2.24) is 30.3 Å². The van der Waals surface area contributed by atoms with E-state index in [2.05, 4.69) is 20.7 Å². The van der Waals surface area contributed by atoms with Crippen molar-refractivity contribution >= 4 is 29.5 Å². The van der Waals surface area contributed by atoms with Crippen molar-refractivity contribution < 1.29 is 23.9 Å². The Kier molecular flexibility index (Phi) is 5.69. The van der Waals surface area contributed by atoms with Gasteiger partial charge in [0.15, 0.2) is 17.2 Å². The van der Waals surface area contributed by atoms with Gasteiger partial charge in [-0.05, 0) is 18.6 Å². The SMILES string of the molecule is C[C@H](NC(=O)C1(NC(=O)CCl)CN(C(=O)O)C1)c1ccc(-n2cc(F)cn2)nc1. The topological polar surface area (TPSA) is 129 Å². The minimum atomic E-state index is -1.38. The summed E-state index contributed by atoms with van der Waals surface area (Å²) in [5, 5.41) is 18.1. The maximum atomic E-state index is 13.1. The van der Waals surface area contributed by atoms with Crippen LogP contribution in [0.1, 0.15) is 18.5 Å². The van der Waals surface area contributed by atoms with Crippen LogP contribution in [-0.4, -0.2) is 67.2 Å². The first-order valence-electron chi connectivity index (χ1n) is 8.56. The smallest absolute Gasteiger partial charge is 0.407 e. The van der Waals surface area contributed by atoms with E-state index in [4.69, 9.17) is 16.7 Å². The molecule has 0 unspecified atom stereocenters. The predicted molar refractivity (Wildman–Crippen MR) is 99.1 cm³/mol. The average molecular weight is 425 g/mol. The van der Waals surface area contributed by atoms with Crippen LogP contribution >= 0.6 is 11.6 Å². The number of carbonyl (C=O) groups excluding carboxylic acids is 2. The zero-order valence-corrected chi connectivity index (χ0v) is 16.1. The lowest BCUT2D eigenvalue weighted by atomic mass is 9.88. The Hall–Kier alpha value is -3.21. The molecular weight excluding hydrogens is 407 g/mol. The van der Waals surface area contributed by atoms with E-state index in [0.29, 0.717) is 11.4 Å². The van der Waals surface area contributed by atoms with Crippen LogP contribution in [0.5, 0.6) is 0 Å². The van der Waals surface area contributed by atoms with E-state index in [1.54, 1.807) is 19.1 Å². The van der Waals surface area contributed by atoms with Crippen molar-refractivity contribution in [2.45, 2.75) is 18.5 Å². The first-order chi connectivity index (χ1) is 13.7. The normalized spacial score (nSPS) is 15.9. The lowest BCUT2D eigenvalue weighted by Crippen LogP contribution is -2.77. The van der Waals surface area contributed by atoms with E-state index in [-0.39, 0.29) is 19.0 Å². The van der Waals surface area contributed by atoms with E-state index in [1.165, 1.54) is 17.1 Å². The Balaban J connectivity index is 1.69. The summed E-state index contributed by atoms with van der Waals surface area (Å²) in [6.07, 6.45) is 2.57. The van der Waals surface area contributed by atoms with Gasteiger partial charge in [-0.15, -0.1) is 11.6 Å². The molecule has 3 heterocycles. The van der Waals surface area contributed by atoms with Gasteiger partial charge in [0.25, 0.3) is 0 Å². The maximum absolute atomic E-state index is 13.1. The third-order valence-corrected chi connectivity index (χ3v) is 4.77. The largest absolute Gasteiger partial charge is 0.465 e. The molecule has 3 rings (SSSR count). The quantitative estimate of drug-likeness (QED) is 0.584. The second-order valence-corrected chi connectivity index (χ2v) is 6.92. The first kappa shape index (κ1) is 20.5. The minimum absolute atomic E-state index is 0.175. The molecule has 2 aromatic heterocycles. The fraction of sp³-hybridized carbons (Fsp3) is 0.353. The number of pyridine rings is 1. The van der Waals surface area contributed by atoms with Gasteiger partial charge in [-0.3, -0.25) is 9.59 Å². The van der Waals surface area contributed by atoms with E-state index in [1.807, 2.05) is 0 Å². The second-order valence-electron chi connectivity index (χ2n) is 6.65. The molecule has 0 aromatic carbocycles. The fourth-order valence-corrected chi connectivity index (χ4v) is 3.02. The molecule has 154 valence electrons. The Labute approximate surface area is 169 Å². The first-order valence-corrected chi connectivity index (χ1v) is 9.10. The van der Waals surface area contributed by atoms with Crippen LogP contribution in [0.3, 0.4) is 0 Å². The molecule has 1 saturated heterocycles. The van der Waals surface area contributed by atoms with E-state index in [9.17, 15) is 18.8 Å². The number of amides is 3. The third-order valence-electron chi connectivity index (χ3n) is 4.53. The van der Waals surface area contributed by atoms with Crippen LogP contribution in [-0.2, 0) is 9.59 Å². The summed E-state index contributed by atoms with van der Waals surface area (Å²) in [5.41, 5.74) is -0.721. The molecule has 0 aliphatic carbocycles. The van der Waals surface area contributed by atoms with Crippen LogP contribution in [0.4, 0.5) is 9.18 Å². The molecule has 2 aromatic rings. The summed E-state index contributed by atoms with van der Waals surface area (Å²) >= 11 is 5.50. The number of halogens is 2. The zero-order chi connectivity index (χ0) is 21.2. The van der Waals surface area contributed by atoms with E-state index in [0.717, 1.165) is 11.1 Å². The Morgan fingerprint density at radius 3 is 2.59 bits per heavy atom. The van der Waals surface area contributed by atoms with Gasteiger partial charge < -0.3 is 20.6 Å². The summed E-state index contributed by atoms with van der Waals surface area (Å²) in [7, 11) is 0. The Bertz CT molecular complexity index is 928. The summed E-state index contributed by atoms with van der Waals surface area (Å²) < 4.78 is 14.3. The number of rotatable bonds is 6. The number of carbonyl (C=O) groups is 3. The summed E-state index contributed by atoms with van der Waals surface area (Å²) in [6, 6.07) is 2.83. The van der Waals surface area contributed by atoms with Crippen molar-refractivity contribution in [3.63, 3.8) is 0 Å². The molecule has 29 heavy (non-hydrogen) atoms. The van der Waals surface area contributed by atoms with Crippen LogP contribution < -0.4 is 10.6 Å². The third kappa shape index (κ3) is 4.29. The van der Waals surface area contributed by atoms with Gasteiger partial charge in [0, 0.05) is 6.20 Å². The molecule has 3 N–H and O–H groups in total. The fourth-order valence-electron chi connectivity index (χ4n) is 2.95. The van der Waals surface area contributed by atoms with Gasteiger partial charge >= 0.3 is 6.09 Å². The van der Waals surface area contributed by atoms with Gasteiger partial charge in [0.05, 0.1) is 31.5 Å². The van der Waals surface area contributed by atoms with Crippen LogP contribution in [0.2, 0.25) is 0 Å². The van der Waals surface area contributed by atoms with Gasteiger partial charge in [-0.2, -0.15) is 5.10 Å². The molecule has 1 aliphatic heterocycles. The average Bonchev–Trinajstić information content (AvgIpc) is 3.10. The molecule has 1 aliphatic rings. The number of aromatic nitrogens is 3. The van der Waals surface area contributed by atoms with Crippen LogP contribution in [0.25, 0.3) is 5.82 Å². The summed E-state index contributed by atoms with van der Waals surface area (Å²) in [5.74, 6) is -1.54. The second kappa shape index (κ2) is 8.03. The monoisotopic (exact) mass is 424 g/mol. The lowest BCUT2D eigenvalue weighted by molar-refractivity contribution is -0.139. The zero-order valence-electron chi connectivity index (χ0n) is 15.3. The minimum Gasteiger partial charge on any atom is -0.465 e. The summed E-state index contributed by atoms with van der Waals surface area (Å²) in [4.78, 5) is 40.7. The number of nitrogens with zero attached hydrogens (tertiary/aromatic N) is 4. The van der Waals surface area contributed by atoms with Gasteiger partial charge in [-0.1, -0.05) is 6.07 Å². The number of nitrogens with one attached hydrogen (secondary N) is 2. The van der Waals surface area contributed by atoms with Crippen molar-refractivity contribution in [3.05, 3.63) is 42.1 Å². The van der Waals surface area contributed by atoms with Crippen molar-refractivity contribution in [1.29, 1.82) is 0 Å². The molecule has 0 bridgehead atoms.